The van der Waals surface area contributed by atoms with Gasteiger partial charge >= 0.3 is 0 Å². The molecule has 1 saturated heterocycles. The van der Waals surface area contributed by atoms with Gasteiger partial charge in [-0.15, -0.1) is 0 Å². The second kappa shape index (κ2) is 8.41. The molecule has 0 aromatic heterocycles. The van der Waals surface area contributed by atoms with Gasteiger partial charge in [0.1, 0.15) is 0 Å². The number of carbonyl (C=O) groups excluding carboxylic acids is 1. The number of anilines is 2. The topological polar surface area (TPSA) is 54.0 Å². The number of likely N-dealkylation sites (N-methyl/N-ethyl adjacent to an activating group) is 1. The van der Waals surface area contributed by atoms with Gasteiger partial charge in [-0.05, 0) is 59.4 Å². The highest BCUT2D eigenvalue weighted by molar-refractivity contribution is 9.10. The van der Waals surface area contributed by atoms with Crippen molar-refractivity contribution in [1.82, 2.24) is 4.90 Å². The highest BCUT2D eigenvalue weighted by Gasteiger charge is 2.19. The predicted octanol–water partition coefficient (Wildman–Crippen LogP) is 3.61. The Bertz CT molecular complexity index is 849. The molecule has 1 N–H and O–H groups in total. The van der Waals surface area contributed by atoms with Crippen LogP contribution in [-0.4, -0.2) is 57.2 Å². The molecule has 0 radical (unpaired) electrons. The van der Waals surface area contributed by atoms with E-state index in [1.807, 2.05) is 12.1 Å². The zero-order valence-corrected chi connectivity index (χ0v) is 17.5. The summed E-state index contributed by atoms with van der Waals surface area (Å²) in [7, 11) is 2.15. The number of rotatable bonds is 3. The molecule has 0 bridgehead atoms. The highest BCUT2D eigenvalue weighted by Crippen LogP contribution is 2.35. The molecule has 7 heteroatoms. The number of hydrogen-bond donors (Lipinski definition) is 1. The summed E-state index contributed by atoms with van der Waals surface area (Å²) in [6.45, 7) is 5.38. The summed E-state index contributed by atoms with van der Waals surface area (Å²) in [6, 6.07) is 11.5. The zero-order chi connectivity index (χ0) is 19.5. The number of nitrogens with zero attached hydrogens (tertiary/aromatic N) is 2. The number of ether oxygens (including phenoxy) is 2. The lowest BCUT2D eigenvalue weighted by molar-refractivity contribution is 0.102. The molecule has 0 spiro atoms. The fourth-order valence-corrected chi connectivity index (χ4v) is 3.88. The van der Waals surface area contributed by atoms with Crippen molar-refractivity contribution in [3.05, 3.63) is 46.4 Å². The number of carbonyl (C=O) groups is 1. The minimum Gasteiger partial charge on any atom is -0.490 e. The molecule has 2 aromatic rings. The maximum Gasteiger partial charge on any atom is 0.256 e. The maximum atomic E-state index is 12.8. The van der Waals surface area contributed by atoms with E-state index >= 15 is 0 Å². The summed E-state index contributed by atoms with van der Waals surface area (Å²) in [6.07, 6.45) is 0.827. The van der Waals surface area contributed by atoms with E-state index in [1.165, 1.54) is 5.69 Å². The van der Waals surface area contributed by atoms with Crippen LogP contribution in [-0.2, 0) is 0 Å². The van der Waals surface area contributed by atoms with Crippen LogP contribution >= 0.6 is 15.9 Å². The fourth-order valence-electron chi connectivity index (χ4n) is 3.38. The van der Waals surface area contributed by atoms with Gasteiger partial charge in [0.15, 0.2) is 11.5 Å². The van der Waals surface area contributed by atoms with Gasteiger partial charge < -0.3 is 24.6 Å². The van der Waals surface area contributed by atoms with Crippen molar-refractivity contribution in [2.24, 2.45) is 0 Å². The first-order valence-corrected chi connectivity index (χ1v) is 10.3. The average Bonchev–Trinajstić information content (AvgIpc) is 2.93. The zero-order valence-electron chi connectivity index (χ0n) is 15.9. The summed E-state index contributed by atoms with van der Waals surface area (Å²) >= 11 is 3.48. The highest BCUT2D eigenvalue weighted by atomic mass is 79.9. The van der Waals surface area contributed by atoms with Gasteiger partial charge in [0.05, 0.1) is 18.8 Å². The van der Waals surface area contributed by atoms with Crippen LogP contribution in [0.5, 0.6) is 11.5 Å². The lowest BCUT2D eigenvalue weighted by atomic mass is 10.1. The van der Waals surface area contributed by atoms with Crippen LogP contribution in [0.1, 0.15) is 16.8 Å². The molecule has 2 heterocycles. The normalized spacial score (nSPS) is 17.1. The molecule has 0 saturated carbocycles. The van der Waals surface area contributed by atoms with Crippen LogP contribution in [0.25, 0.3) is 0 Å². The van der Waals surface area contributed by atoms with E-state index in [-0.39, 0.29) is 5.91 Å². The van der Waals surface area contributed by atoms with E-state index in [1.54, 1.807) is 12.1 Å². The van der Waals surface area contributed by atoms with Gasteiger partial charge in [-0.2, -0.15) is 0 Å². The Labute approximate surface area is 173 Å². The molecule has 28 heavy (non-hydrogen) atoms. The molecule has 6 nitrogen and oxygen atoms in total. The predicted molar refractivity (Wildman–Crippen MR) is 114 cm³/mol. The first kappa shape index (κ1) is 19.1. The number of halogens is 1. The Morgan fingerprint density at radius 2 is 1.64 bits per heavy atom. The van der Waals surface area contributed by atoms with E-state index in [0.29, 0.717) is 34.7 Å². The molecule has 0 unspecified atom stereocenters. The first-order chi connectivity index (χ1) is 13.6. The van der Waals surface area contributed by atoms with Gasteiger partial charge in [-0.25, -0.2) is 0 Å². The number of benzene rings is 2. The number of amides is 1. The lowest BCUT2D eigenvalue weighted by Crippen LogP contribution is -2.44. The van der Waals surface area contributed by atoms with Crippen LogP contribution in [0, 0.1) is 0 Å². The number of fused-ring (bicyclic) bond motifs is 1. The van der Waals surface area contributed by atoms with Crippen molar-refractivity contribution in [3.8, 4) is 11.5 Å². The summed E-state index contributed by atoms with van der Waals surface area (Å²) in [5.41, 5.74) is 2.47. The molecular weight excluding hydrogens is 422 g/mol. The maximum absolute atomic E-state index is 12.8. The van der Waals surface area contributed by atoms with Gasteiger partial charge in [-0.3, -0.25) is 4.79 Å². The lowest BCUT2D eigenvalue weighted by Gasteiger charge is -2.34. The van der Waals surface area contributed by atoms with E-state index in [2.05, 4.69) is 50.2 Å². The van der Waals surface area contributed by atoms with E-state index in [4.69, 9.17) is 9.47 Å². The number of hydrogen-bond acceptors (Lipinski definition) is 5. The molecule has 148 valence electrons. The Kier molecular flexibility index (Phi) is 5.73. The van der Waals surface area contributed by atoms with Crippen molar-refractivity contribution < 1.29 is 14.3 Å². The number of nitrogens with one attached hydrogen (secondary N) is 1. The second-order valence-corrected chi connectivity index (χ2v) is 7.97. The fraction of sp³-hybridized carbons (Fsp3) is 0.381. The molecule has 2 aliphatic heterocycles. The molecule has 1 fully saturated rings. The summed E-state index contributed by atoms with van der Waals surface area (Å²) in [5, 5.41) is 2.97. The van der Waals surface area contributed by atoms with Crippen molar-refractivity contribution in [2.75, 3.05) is 56.7 Å². The minimum absolute atomic E-state index is 0.185. The van der Waals surface area contributed by atoms with Gasteiger partial charge in [-0.1, -0.05) is 0 Å². The smallest absolute Gasteiger partial charge is 0.256 e. The third-order valence-corrected chi connectivity index (χ3v) is 5.73. The third-order valence-electron chi connectivity index (χ3n) is 5.08. The molecule has 2 aliphatic rings. The average molecular weight is 446 g/mol. The Balaban J connectivity index is 1.46. The molecule has 2 aromatic carbocycles. The van der Waals surface area contributed by atoms with Gasteiger partial charge in [0.2, 0.25) is 0 Å². The van der Waals surface area contributed by atoms with Gasteiger partial charge in [0, 0.05) is 48.4 Å². The SMILES string of the molecule is CN1CCN(c2ccc(NC(=O)c3cc4c(cc3Br)OCCCO4)cc2)CC1. The molecular formula is C21H24BrN3O3. The quantitative estimate of drug-likeness (QED) is 0.781. The molecule has 1 amide bonds. The standard InChI is InChI=1S/C21H24BrN3O3/c1-24-7-9-25(10-8-24)16-5-3-15(4-6-16)23-21(26)17-13-19-20(14-18(17)22)28-12-2-11-27-19/h3-6,13-14H,2,7-12H2,1H3,(H,23,26). The van der Waals surface area contributed by atoms with Crippen molar-refractivity contribution in [2.45, 2.75) is 6.42 Å². The largest absolute Gasteiger partial charge is 0.490 e. The van der Waals surface area contributed by atoms with E-state index < -0.39 is 0 Å². The Hall–Kier alpha value is -2.25. The summed E-state index contributed by atoms with van der Waals surface area (Å²) < 4.78 is 12.0. The van der Waals surface area contributed by atoms with E-state index in [9.17, 15) is 4.79 Å². The summed E-state index contributed by atoms with van der Waals surface area (Å²) in [5.74, 6) is 1.09. The van der Waals surface area contributed by atoms with Crippen LogP contribution in [0.15, 0.2) is 40.9 Å². The van der Waals surface area contributed by atoms with E-state index in [0.717, 1.165) is 38.3 Å². The summed E-state index contributed by atoms with van der Waals surface area (Å²) in [4.78, 5) is 17.5. The molecule has 0 aliphatic carbocycles. The Morgan fingerprint density at radius 1 is 1.00 bits per heavy atom. The van der Waals surface area contributed by atoms with Crippen LogP contribution in [0.4, 0.5) is 11.4 Å². The number of piperazine rings is 1. The van der Waals surface area contributed by atoms with Crippen LogP contribution in [0.2, 0.25) is 0 Å². The minimum atomic E-state index is -0.185. The van der Waals surface area contributed by atoms with Crippen molar-refractivity contribution >= 4 is 33.2 Å². The second-order valence-electron chi connectivity index (χ2n) is 7.12. The molecule has 4 rings (SSSR count). The Morgan fingerprint density at radius 3 is 2.32 bits per heavy atom. The monoisotopic (exact) mass is 445 g/mol. The third kappa shape index (κ3) is 4.25. The van der Waals surface area contributed by atoms with Crippen LogP contribution in [0.3, 0.4) is 0 Å². The van der Waals surface area contributed by atoms with Crippen LogP contribution < -0.4 is 19.7 Å². The van der Waals surface area contributed by atoms with Crippen molar-refractivity contribution in [1.29, 1.82) is 0 Å². The molecule has 0 atom stereocenters. The van der Waals surface area contributed by atoms with Crippen molar-refractivity contribution in [3.63, 3.8) is 0 Å². The first-order valence-electron chi connectivity index (χ1n) is 9.54. The van der Waals surface area contributed by atoms with Gasteiger partial charge in [0.25, 0.3) is 5.91 Å².